The molecule has 0 atom stereocenters. The molecule has 4 heteroatoms. The van der Waals surface area contributed by atoms with Gasteiger partial charge < -0.3 is 5.11 Å². The van der Waals surface area contributed by atoms with Gasteiger partial charge in [-0.15, -0.1) is 6.42 Å². The van der Waals surface area contributed by atoms with Gasteiger partial charge in [0.15, 0.2) is 0 Å². The molecule has 0 bridgehead atoms. The monoisotopic (exact) mass is 210 g/mol. The number of benzene rings is 1. The fraction of sp³-hybridized carbons (Fsp3) is 0.182. The summed E-state index contributed by atoms with van der Waals surface area (Å²) >= 11 is 0. The van der Waals surface area contributed by atoms with Crippen LogP contribution in [-0.4, -0.2) is 11.1 Å². The average Bonchev–Trinajstić information content (AvgIpc) is 2.16. The summed E-state index contributed by atoms with van der Waals surface area (Å²) in [6.45, 7) is 0. The van der Waals surface area contributed by atoms with E-state index in [9.17, 15) is 13.6 Å². The molecule has 0 aromatic heterocycles. The van der Waals surface area contributed by atoms with Gasteiger partial charge in [-0.1, -0.05) is 18.1 Å². The molecule has 1 aromatic carbocycles. The molecular weight excluding hydrogens is 202 g/mol. The predicted octanol–water partition coefficient (Wildman–Crippen LogP) is 2.23. The van der Waals surface area contributed by atoms with E-state index in [1.807, 2.05) is 0 Å². The summed E-state index contributed by atoms with van der Waals surface area (Å²) in [5, 5.41) is 8.30. The van der Waals surface area contributed by atoms with E-state index in [0.29, 0.717) is 5.56 Å². The van der Waals surface area contributed by atoms with Crippen molar-refractivity contribution < 1.29 is 18.7 Å². The number of aliphatic carboxylic acids is 1. The van der Waals surface area contributed by atoms with Gasteiger partial charge in [0, 0.05) is 11.1 Å². The van der Waals surface area contributed by atoms with Crippen LogP contribution in [0.1, 0.15) is 17.5 Å². The molecule has 15 heavy (non-hydrogen) atoms. The van der Waals surface area contributed by atoms with Crippen molar-refractivity contribution in [3.8, 4) is 12.3 Å². The van der Waals surface area contributed by atoms with E-state index in [-0.39, 0.29) is 5.56 Å². The lowest BCUT2D eigenvalue weighted by atomic mass is 10.0. The summed E-state index contributed by atoms with van der Waals surface area (Å²) in [6, 6.07) is 4.98. The van der Waals surface area contributed by atoms with Crippen molar-refractivity contribution >= 4 is 5.97 Å². The Labute approximate surface area is 85.5 Å². The Hall–Kier alpha value is -1.89. The van der Waals surface area contributed by atoms with Gasteiger partial charge in [-0.25, -0.2) is 8.78 Å². The van der Waals surface area contributed by atoms with E-state index in [4.69, 9.17) is 11.5 Å². The summed E-state index contributed by atoms with van der Waals surface area (Å²) < 4.78 is 26.4. The maximum absolute atomic E-state index is 13.2. The molecular formula is C11H8F2O2. The highest BCUT2D eigenvalue weighted by molar-refractivity contribution is 5.68. The van der Waals surface area contributed by atoms with Crippen LogP contribution in [0, 0.1) is 12.3 Å². The molecule has 0 unspecified atom stereocenters. The molecule has 1 rings (SSSR count). The minimum Gasteiger partial charge on any atom is -0.481 e. The normalized spacial score (nSPS) is 10.7. The summed E-state index contributed by atoms with van der Waals surface area (Å²) in [7, 11) is 0. The first-order chi connectivity index (χ1) is 6.95. The molecule has 2 nitrogen and oxygen atoms in total. The zero-order chi connectivity index (χ0) is 11.5. The van der Waals surface area contributed by atoms with Crippen LogP contribution in [0.3, 0.4) is 0 Å². The van der Waals surface area contributed by atoms with Crippen molar-refractivity contribution in [3.05, 3.63) is 35.4 Å². The molecule has 0 aliphatic carbocycles. The van der Waals surface area contributed by atoms with Crippen LogP contribution in [0.25, 0.3) is 0 Å². The molecule has 0 spiro atoms. The number of carboxylic acids is 1. The molecule has 0 heterocycles. The number of rotatable bonds is 3. The first kappa shape index (κ1) is 11.2. The fourth-order valence-corrected chi connectivity index (χ4v) is 1.10. The minimum absolute atomic E-state index is 0.344. The number of hydrogen-bond donors (Lipinski definition) is 1. The number of alkyl halides is 2. The first-order valence-electron chi connectivity index (χ1n) is 4.12. The third-order valence-corrected chi connectivity index (χ3v) is 1.85. The Kier molecular flexibility index (Phi) is 3.05. The van der Waals surface area contributed by atoms with Crippen molar-refractivity contribution in [2.75, 3.05) is 0 Å². The highest BCUT2D eigenvalue weighted by Gasteiger charge is 2.34. The van der Waals surface area contributed by atoms with Crippen LogP contribution in [0.15, 0.2) is 24.3 Å². The van der Waals surface area contributed by atoms with E-state index in [1.165, 1.54) is 12.1 Å². The lowest BCUT2D eigenvalue weighted by Gasteiger charge is -2.13. The molecule has 0 aliphatic heterocycles. The minimum atomic E-state index is -3.36. The fourth-order valence-electron chi connectivity index (χ4n) is 1.10. The van der Waals surface area contributed by atoms with Crippen LogP contribution in [0.4, 0.5) is 8.78 Å². The number of hydrogen-bond acceptors (Lipinski definition) is 1. The number of halogens is 2. The van der Waals surface area contributed by atoms with Crippen LogP contribution >= 0.6 is 0 Å². The summed E-state index contributed by atoms with van der Waals surface area (Å²) in [5.41, 5.74) is 0.133. The topological polar surface area (TPSA) is 37.3 Å². The average molecular weight is 210 g/mol. The molecule has 1 aromatic rings. The second kappa shape index (κ2) is 4.09. The quantitative estimate of drug-likeness (QED) is 0.777. The maximum atomic E-state index is 13.2. The van der Waals surface area contributed by atoms with Crippen molar-refractivity contribution in [1.29, 1.82) is 0 Å². The first-order valence-corrected chi connectivity index (χ1v) is 4.12. The number of carboxylic acid groups (broad SMARTS) is 1. The molecule has 0 radical (unpaired) electrons. The Morgan fingerprint density at radius 1 is 1.40 bits per heavy atom. The highest BCUT2D eigenvalue weighted by atomic mass is 19.3. The summed E-state index contributed by atoms with van der Waals surface area (Å²) in [4.78, 5) is 10.2. The predicted molar refractivity (Wildman–Crippen MR) is 50.5 cm³/mol. The van der Waals surface area contributed by atoms with Gasteiger partial charge in [0.05, 0.1) is 0 Å². The summed E-state index contributed by atoms with van der Waals surface area (Å²) in [5.74, 6) is -2.62. The van der Waals surface area contributed by atoms with E-state index >= 15 is 0 Å². The zero-order valence-electron chi connectivity index (χ0n) is 7.71. The lowest BCUT2D eigenvalue weighted by molar-refractivity contribution is -0.145. The molecule has 78 valence electrons. The Morgan fingerprint density at radius 3 is 2.33 bits per heavy atom. The number of carbonyl (C=O) groups is 1. The Morgan fingerprint density at radius 2 is 1.93 bits per heavy atom. The van der Waals surface area contributed by atoms with Crippen molar-refractivity contribution in [2.24, 2.45) is 0 Å². The molecule has 0 saturated heterocycles. The standard InChI is InChI=1S/C11H8F2O2/c1-2-8-3-5-9(6-4-8)11(12,13)7-10(14)15/h1,3-6H,7H2,(H,14,15). The van der Waals surface area contributed by atoms with E-state index in [2.05, 4.69) is 5.92 Å². The van der Waals surface area contributed by atoms with Gasteiger partial charge in [-0.3, -0.25) is 4.79 Å². The Bertz CT molecular complexity index is 402. The molecule has 0 saturated carbocycles. The third kappa shape index (κ3) is 2.78. The molecule has 1 N–H and O–H groups in total. The molecule has 0 fully saturated rings. The van der Waals surface area contributed by atoms with Gasteiger partial charge in [0.1, 0.15) is 6.42 Å². The van der Waals surface area contributed by atoms with E-state index < -0.39 is 18.3 Å². The zero-order valence-corrected chi connectivity index (χ0v) is 7.71. The van der Waals surface area contributed by atoms with Crippen LogP contribution in [-0.2, 0) is 10.7 Å². The van der Waals surface area contributed by atoms with Gasteiger partial charge in [-0.05, 0) is 12.1 Å². The van der Waals surface area contributed by atoms with Crippen LogP contribution in [0.2, 0.25) is 0 Å². The molecule has 0 amide bonds. The third-order valence-electron chi connectivity index (χ3n) is 1.85. The van der Waals surface area contributed by atoms with Crippen molar-refractivity contribution in [2.45, 2.75) is 12.3 Å². The van der Waals surface area contributed by atoms with E-state index in [1.54, 1.807) is 0 Å². The second-order valence-corrected chi connectivity index (χ2v) is 3.00. The van der Waals surface area contributed by atoms with Gasteiger partial charge in [0.2, 0.25) is 0 Å². The summed E-state index contributed by atoms with van der Waals surface area (Å²) in [6.07, 6.45) is 3.84. The van der Waals surface area contributed by atoms with Crippen LogP contribution < -0.4 is 0 Å². The molecule has 0 aliphatic rings. The van der Waals surface area contributed by atoms with Gasteiger partial charge in [-0.2, -0.15) is 0 Å². The largest absolute Gasteiger partial charge is 0.481 e. The van der Waals surface area contributed by atoms with Crippen molar-refractivity contribution in [3.63, 3.8) is 0 Å². The Balaban J connectivity index is 2.95. The van der Waals surface area contributed by atoms with Crippen LogP contribution in [0.5, 0.6) is 0 Å². The maximum Gasteiger partial charge on any atom is 0.309 e. The van der Waals surface area contributed by atoms with Crippen molar-refractivity contribution in [1.82, 2.24) is 0 Å². The number of terminal acetylenes is 1. The lowest BCUT2D eigenvalue weighted by Crippen LogP contribution is -2.18. The smallest absolute Gasteiger partial charge is 0.309 e. The highest BCUT2D eigenvalue weighted by Crippen LogP contribution is 2.31. The SMILES string of the molecule is C#Cc1ccc(C(F)(F)CC(=O)O)cc1. The second-order valence-electron chi connectivity index (χ2n) is 3.00. The van der Waals surface area contributed by atoms with E-state index in [0.717, 1.165) is 12.1 Å². The van der Waals surface area contributed by atoms with Gasteiger partial charge >= 0.3 is 5.97 Å². The van der Waals surface area contributed by atoms with Gasteiger partial charge in [0.25, 0.3) is 5.92 Å².